The van der Waals surface area contributed by atoms with Crippen molar-refractivity contribution in [2.45, 2.75) is 0 Å². The lowest BCUT2D eigenvalue weighted by Gasteiger charge is -2.29. The molecule has 2 nitrogen and oxygen atoms in total. The summed E-state index contributed by atoms with van der Waals surface area (Å²) in [6, 6.07) is 48.5. The summed E-state index contributed by atoms with van der Waals surface area (Å²) in [5.74, 6) is -0.145. The van der Waals surface area contributed by atoms with Crippen LogP contribution >= 0.6 is 18.9 Å². The van der Waals surface area contributed by atoms with E-state index in [9.17, 15) is 4.79 Å². The Labute approximate surface area is 235 Å². The van der Waals surface area contributed by atoms with E-state index in [2.05, 4.69) is 84.2 Å². The van der Waals surface area contributed by atoms with Gasteiger partial charge < -0.3 is 12.4 Å². The van der Waals surface area contributed by atoms with Crippen LogP contribution in [0.5, 0.6) is 0 Å². The van der Waals surface area contributed by atoms with Crippen molar-refractivity contribution in [3.63, 3.8) is 0 Å². The van der Waals surface area contributed by atoms with E-state index in [1.807, 2.05) is 72.8 Å². The van der Waals surface area contributed by atoms with Crippen LogP contribution in [0.3, 0.4) is 0 Å². The fraction of sp³-hybridized carbons (Fsp3) is 0. The Hall–Kier alpha value is -3.68. The number of benzene rings is 5. The van der Waals surface area contributed by atoms with Crippen molar-refractivity contribution in [3.8, 4) is 0 Å². The van der Waals surface area contributed by atoms with Crippen molar-refractivity contribution >= 4 is 46.8 Å². The van der Waals surface area contributed by atoms with Gasteiger partial charge in [-0.2, -0.15) is 0 Å². The van der Waals surface area contributed by atoms with Crippen LogP contribution in [0.25, 0.3) is 6.08 Å². The van der Waals surface area contributed by atoms with Gasteiger partial charge in [-0.1, -0.05) is 96.5 Å². The molecule has 188 valence electrons. The number of carbonyl (C=O) groups is 1. The van der Waals surface area contributed by atoms with Crippen LogP contribution in [0, 0.1) is 0 Å². The third kappa shape index (κ3) is 5.74. The van der Waals surface area contributed by atoms with E-state index < -0.39 is 7.26 Å². The van der Waals surface area contributed by atoms with E-state index in [1.165, 1.54) is 0 Å². The van der Waals surface area contributed by atoms with Gasteiger partial charge in [-0.15, -0.1) is 0 Å². The van der Waals surface area contributed by atoms with Gasteiger partial charge in [0, 0.05) is 16.7 Å². The number of hydrogen-bond donors (Lipinski definition) is 1. The van der Waals surface area contributed by atoms with Gasteiger partial charge in [0.05, 0.1) is 0 Å². The topological polar surface area (TPSA) is 29.1 Å². The molecule has 0 spiro atoms. The molecule has 0 bridgehead atoms. The zero-order valence-corrected chi connectivity index (χ0v) is 23.0. The Kier molecular flexibility index (Phi) is 9.15. The van der Waals surface area contributed by atoms with Gasteiger partial charge in [-0.25, -0.2) is 0 Å². The van der Waals surface area contributed by atoms with Crippen LogP contribution < -0.4 is 33.6 Å². The predicted molar refractivity (Wildman–Crippen MR) is 158 cm³/mol. The third-order valence-corrected chi connectivity index (χ3v) is 10.7. The molecule has 0 atom stereocenters. The normalized spacial score (nSPS) is 11.3. The summed E-state index contributed by atoms with van der Waals surface area (Å²) in [5.41, 5.74) is 2.42. The molecule has 38 heavy (non-hydrogen) atoms. The van der Waals surface area contributed by atoms with Crippen LogP contribution in [0.15, 0.2) is 151 Å². The number of carbonyl (C=O) groups excluding carboxylic acids is 1. The monoisotopic (exact) mass is 553 g/mol. The van der Waals surface area contributed by atoms with Crippen LogP contribution in [-0.4, -0.2) is 5.91 Å². The van der Waals surface area contributed by atoms with Gasteiger partial charge in [-0.3, -0.25) is 10.1 Å². The second-order valence-electron chi connectivity index (χ2n) is 8.58. The maximum Gasteiger partial charge on any atom is 0.258 e. The molecule has 1 amide bonds. The standard InChI is InChI=1S/C33H25ClNOP.ClH/c34-28-23-21-26(22-24-28)25-32(35-33(36)27-13-5-1-6-14-27)37(29-15-7-2-8-16-29,30-17-9-3-10-18-30)31-19-11-4-12-20-31;/h1-25H;1H/b32-25+;. The van der Waals surface area contributed by atoms with Crippen molar-refractivity contribution < 1.29 is 17.2 Å². The lowest BCUT2D eigenvalue weighted by Crippen LogP contribution is -3.00. The van der Waals surface area contributed by atoms with Gasteiger partial charge in [0.2, 0.25) is 0 Å². The highest BCUT2D eigenvalue weighted by Gasteiger charge is 2.50. The van der Waals surface area contributed by atoms with Gasteiger partial charge in [-0.05, 0) is 66.2 Å². The second kappa shape index (κ2) is 12.7. The van der Waals surface area contributed by atoms with E-state index in [-0.39, 0.29) is 18.3 Å². The summed E-state index contributed by atoms with van der Waals surface area (Å²) in [6.45, 7) is 0. The number of rotatable bonds is 7. The fourth-order valence-corrected chi connectivity index (χ4v) is 8.86. The average molecular weight is 554 g/mol. The molecule has 0 aromatic heterocycles. The molecule has 5 rings (SSSR count). The van der Waals surface area contributed by atoms with Crippen molar-refractivity contribution in [1.29, 1.82) is 0 Å². The van der Waals surface area contributed by atoms with Crippen LogP contribution in [-0.2, 0) is 0 Å². The zero-order chi connectivity index (χ0) is 25.5. The van der Waals surface area contributed by atoms with Crippen molar-refractivity contribution in [1.82, 2.24) is 5.32 Å². The lowest BCUT2D eigenvalue weighted by atomic mass is 10.2. The smallest absolute Gasteiger partial charge is 0.258 e. The molecule has 0 saturated carbocycles. The molecule has 0 heterocycles. The zero-order valence-electron chi connectivity index (χ0n) is 20.5. The molecule has 5 aromatic rings. The Bertz CT molecular complexity index is 1390. The number of nitrogens with one attached hydrogen (secondary N) is 1. The number of halogens is 2. The minimum absolute atomic E-state index is 0. The Morgan fingerprint density at radius 3 is 1.39 bits per heavy atom. The predicted octanol–water partition coefficient (Wildman–Crippen LogP) is 4.07. The average Bonchev–Trinajstić information content (AvgIpc) is 2.97. The van der Waals surface area contributed by atoms with Crippen molar-refractivity contribution in [2.75, 3.05) is 0 Å². The summed E-state index contributed by atoms with van der Waals surface area (Å²) in [6.07, 6.45) is 2.10. The first kappa shape index (κ1) is 27.4. The molecular weight excluding hydrogens is 528 g/mol. The van der Waals surface area contributed by atoms with Crippen molar-refractivity contribution in [3.05, 3.63) is 167 Å². The van der Waals surface area contributed by atoms with E-state index in [0.29, 0.717) is 10.6 Å². The largest absolute Gasteiger partial charge is 1.00 e. The van der Waals surface area contributed by atoms with Crippen LogP contribution in [0.2, 0.25) is 5.02 Å². The molecule has 0 radical (unpaired) electrons. The van der Waals surface area contributed by atoms with Gasteiger partial charge >= 0.3 is 0 Å². The quantitative estimate of drug-likeness (QED) is 0.302. The highest BCUT2D eigenvalue weighted by molar-refractivity contribution is 7.99. The second-order valence-corrected chi connectivity index (χ2v) is 12.4. The van der Waals surface area contributed by atoms with E-state index in [4.69, 9.17) is 11.6 Å². The Balaban J connectivity index is 0.00000336. The maximum atomic E-state index is 13.7. The van der Waals surface area contributed by atoms with E-state index >= 15 is 0 Å². The van der Waals surface area contributed by atoms with Gasteiger partial charge in [0.15, 0.2) is 12.7 Å². The van der Waals surface area contributed by atoms with Crippen LogP contribution in [0.4, 0.5) is 0 Å². The van der Waals surface area contributed by atoms with Crippen molar-refractivity contribution in [2.24, 2.45) is 0 Å². The number of amides is 1. The summed E-state index contributed by atoms with van der Waals surface area (Å²) < 4.78 is 0. The molecule has 0 unspecified atom stereocenters. The molecule has 0 saturated heterocycles. The highest BCUT2D eigenvalue weighted by atomic mass is 35.5. The Morgan fingerprint density at radius 1 is 0.579 bits per heavy atom. The van der Waals surface area contributed by atoms with E-state index in [1.54, 1.807) is 0 Å². The molecule has 0 fully saturated rings. The first-order valence-electron chi connectivity index (χ1n) is 12.1. The minimum atomic E-state index is -2.52. The maximum absolute atomic E-state index is 13.7. The van der Waals surface area contributed by atoms with E-state index in [0.717, 1.165) is 26.9 Å². The molecule has 1 N–H and O–H groups in total. The Morgan fingerprint density at radius 2 is 0.974 bits per heavy atom. The minimum Gasteiger partial charge on any atom is -1.00 e. The molecule has 0 aliphatic rings. The lowest BCUT2D eigenvalue weighted by molar-refractivity contribution is -0.0000152. The molecule has 0 aliphatic heterocycles. The summed E-state index contributed by atoms with van der Waals surface area (Å²) in [5, 5.41) is 7.50. The first-order chi connectivity index (χ1) is 18.2. The first-order valence-corrected chi connectivity index (χ1v) is 14.2. The molecule has 5 heteroatoms. The van der Waals surface area contributed by atoms with Crippen LogP contribution in [0.1, 0.15) is 15.9 Å². The molecular formula is C33H26Cl2NOP. The van der Waals surface area contributed by atoms with Gasteiger partial charge in [0.25, 0.3) is 5.91 Å². The third-order valence-electron chi connectivity index (χ3n) is 6.24. The fourth-order valence-electron chi connectivity index (χ4n) is 4.53. The number of hydrogen-bond acceptors (Lipinski definition) is 1. The highest BCUT2D eigenvalue weighted by Crippen LogP contribution is 2.61. The molecule has 0 aliphatic carbocycles. The van der Waals surface area contributed by atoms with Gasteiger partial charge in [0.1, 0.15) is 15.9 Å². The summed E-state index contributed by atoms with van der Waals surface area (Å²) in [4.78, 5) is 13.7. The summed E-state index contributed by atoms with van der Waals surface area (Å²) in [7, 11) is -2.52. The SMILES string of the molecule is O=C(N/C(=C\c1ccc(Cl)cc1)[P+](c1ccccc1)(c1ccccc1)c1ccccc1)c1ccccc1.[Cl-]. The summed E-state index contributed by atoms with van der Waals surface area (Å²) >= 11 is 6.21. The molecule has 5 aromatic carbocycles.